The zero-order valence-electron chi connectivity index (χ0n) is 15.5. The Balaban J connectivity index is 1.92. The zero-order chi connectivity index (χ0) is 19.7. The summed E-state index contributed by atoms with van der Waals surface area (Å²) in [6, 6.07) is 15.9. The molecule has 4 rings (SSSR count). The van der Waals surface area contributed by atoms with E-state index in [1.807, 2.05) is 42.2 Å². The van der Waals surface area contributed by atoms with Crippen LogP contribution in [-0.2, 0) is 9.84 Å². The number of hydrogen-bond acceptors (Lipinski definition) is 6. The van der Waals surface area contributed by atoms with Gasteiger partial charge in [0.05, 0.1) is 22.0 Å². The number of para-hydroxylation sites is 2. The number of sulfone groups is 1. The molecule has 28 heavy (non-hydrogen) atoms. The van der Waals surface area contributed by atoms with Crippen molar-refractivity contribution in [2.45, 2.75) is 29.9 Å². The normalized spacial score (nSPS) is 15.5. The Bertz CT molecular complexity index is 1180. The third-order valence-electron chi connectivity index (χ3n) is 4.98. The van der Waals surface area contributed by atoms with Crippen LogP contribution in [0.15, 0.2) is 53.4 Å². The van der Waals surface area contributed by atoms with Gasteiger partial charge in [0.25, 0.3) is 0 Å². The number of nitrogens with zero attached hydrogens (tertiary/aromatic N) is 4. The molecule has 0 amide bonds. The van der Waals surface area contributed by atoms with E-state index in [0.717, 1.165) is 31.5 Å². The molecule has 1 saturated heterocycles. The number of aryl methyl sites for hydroxylation is 1. The Morgan fingerprint density at radius 3 is 2.36 bits per heavy atom. The van der Waals surface area contributed by atoms with Crippen molar-refractivity contribution in [3.63, 3.8) is 0 Å². The SMILES string of the molecule is Cc1cccc(S(=O)(=O)[C@@H](C#N)c2nc3ccccc3nc2N2CCCC2)c1. The van der Waals surface area contributed by atoms with Crippen LogP contribution in [0.5, 0.6) is 0 Å². The average Bonchev–Trinajstić information content (AvgIpc) is 3.22. The standard InChI is InChI=1S/C21H20N4O2S/c1-15-7-6-8-16(13-15)28(26,27)19(14-22)20-21(25-11-4-5-12-25)24-18-10-3-2-9-17(18)23-20/h2-3,6-10,13,19H,4-5,11-12H2,1H3/t19-/m0/s1. The summed E-state index contributed by atoms with van der Waals surface area (Å²) in [5.41, 5.74) is 2.31. The van der Waals surface area contributed by atoms with Gasteiger partial charge in [-0.25, -0.2) is 18.4 Å². The Morgan fingerprint density at radius 1 is 1.04 bits per heavy atom. The van der Waals surface area contributed by atoms with Crippen LogP contribution >= 0.6 is 0 Å². The number of nitriles is 1. The van der Waals surface area contributed by atoms with Crippen LogP contribution in [0.4, 0.5) is 5.82 Å². The maximum absolute atomic E-state index is 13.3. The van der Waals surface area contributed by atoms with Gasteiger partial charge in [-0.3, -0.25) is 0 Å². The molecule has 0 N–H and O–H groups in total. The number of anilines is 1. The van der Waals surface area contributed by atoms with Crippen LogP contribution in [-0.4, -0.2) is 31.5 Å². The van der Waals surface area contributed by atoms with E-state index in [0.29, 0.717) is 16.9 Å². The van der Waals surface area contributed by atoms with E-state index >= 15 is 0 Å². The minimum Gasteiger partial charge on any atom is -0.355 e. The number of aromatic nitrogens is 2. The van der Waals surface area contributed by atoms with Crippen molar-refractivity contribution in [2.75, 3.05) is 18.0 Å². The van der Waals surface area contributed by atoms with Crippen molar-refractivity contribution >= 4 is 26.7 Å². The lowest BCUT2D eigenvalue weighted by atomic mass is 10.2. The van der Waals surface area contributed by atoms with Gasteiger partial charge in [0.15, 0.2) is 11.1 Å². The fraction of sp³-hybridized carbons (Fsp3) is 0.286. The van der Waals surface area contributed by atoms with Gasteiger partial charge in [-0.15, -0.1) is 0 Å². The Morgan fingerprint density at radius 2 is 1.71 bits per heavy atom. The first-order chi connectivity index (χ1) is 13.5. The highest BCUT2D eigenvalue weighted by atomic mass is 32.2. The molecule has 3 aromatic rings. The number of benzene rings is 2. The number of fused-ring (bicyclic) bond motifs is 1. The van der Waals surface area contributed by atoms with E-state index in [9.17, 15) is 13.7 Å². The lowest BCUT2D eigenvalue weighted by Gasteiger charge is -2.22. The summed E-state index contributed by atoms with van der Waals surface area (Å²) in [7, 11) is -3.94. The average molecular weight is 392 g/mol. The minimum absolute atomic E-state index is 0.126. The van der Waals surface area contributed by atoms with E-state index < -0.39 is 15.1 Å². The van der Waals surface area contributed by atoms with Gasteiger partial charge < -0.3 is 4.90 Å². The maximum atomic E-state index is 13.3. The summed E-state index contributed by atoms with van der Waals surface area (Å²) in [6.07, 6.45) is 2.02. The predicted molar refractivity (Wildman–Crippen MR) is 108 cm³/mol. The van der Waals surface area contributed by atoms with Crippen LogP contribution in [0.1, 0.15) is 29.3 Å². The topological polar surface area (TPSA) is 86.9 Å². The first-order valence-corrected chi connectivity index (χ1v) is 10.8. The first-order valence-electron chi connectivity index (χ1n) is 9.22. The lowest BCUT2D eigenvalue weighted by molar-refractivity contribution is 0.590. The highest BCUT2D eigenvalue weighted by molar-refractivity contribution is 7.92. The van der Waals surface area contributed by atoms with Gasteiger partial charge in [-0.1, -0.05) is 24.3 Å². The third kappa shape index (κ3) is 3.20. The highest BCUT2D eigenvalue weighted by Gasteiger charge is 2.35. The highest BCUT2D eigenvalue weighted by Crippen LogP contribution is 2.35. The molecule has 1 aliphatic heterocycles. The molecule has 0 saturated carbocycles. The molecule has 0 aliphatic carbocycles. The monoisotopic (exact) mass is 392 g/mol. The zero-order valence-corrected chi connectivity index (χ0v) is 16.4. The van der Waals surface area contributed by atoms with Crippen molar-refractivity contribution < 1.29 is 8.42 Å². The fourth-order valence-electron chi connectivity index (χ4n) is 3.55. The van der Waals surface area contributed by atoms with E-state index in [-0.39, 0.29) is 10.6 Å². The molecule has 1 aromatic heterocycles. The van der Waals surface area contributed by atoms with Crippen molar-refractivity contribution in [3.8, 4) is 6.07 Å². The van der Waals surface area contributed by atoms with Crippen LogP contribution < -0.4 is 4.90 Å². The molecule has 0 radical (unpaired) electrons. The summed E-state index contributed by atoms with van der Waals surface area (Å²) in [5, 5.41) is 8.45. The molecular formula is C21H20N4O2S. The van der Waals surface area contributed by atoms with Crippen LogP contribution in [0, 0.1) is 18.3 Å². The van der Waals surface area contributed by atoms with Crippen LogP contribution in [0.25, 0.3) is 11.0 Å². The maximum Gasteiger partial charge on any atom is 0.200 e. The van der Waals surface area contributed by atoms with Crippen molar-refractivity contribution in [2.24, 2.45) is 0 Å². The van der Waals surface area contributed by atoms with E-state index in [4.69, 9.17) is 4.98 Å². The molecule has 0 spiro atoms. The molecule has 2 aromatic carbocycles. The molecule has 7 heteroatoms. The summed E-state index contributed by atoms with van der Waals surface area (Å²) in [6.45, 7) is 3.39. The fourth-order valence-corrected chi connectivity index (χ4v) is 5.03. The van der Waals surface area contributed by atoms with E-state index in [1.54, 1.807) is 18.2 Å². The molecule has 2 heterocycles. The van der Waals surface area contributed by atoms with Gasteiger partial charge in [-0.2, -0.15) is 5.26 Å². The summed E-state index contributed by atoms with van der Waals surface area (Å²) in [4.78, 5) is 11.5. The smallest absolute Gasteiger partial charge is 0.200 e. The Kier molecular flexibility index (Phi) is 4.73. The Labute approximate surface area is 164 Å². The quantitative estimate of drug-likeness (QED) is 0.674. The molecule has 0 unspecified atom stereocenters. The molecule has 142 valence electrons. The molecule has 6 nitrogen and oxygen atoms in total. The molecule has 1 atom stereocenters. The molecule has 1 aliphatic rings. The van der Waals surface area contributed by atoms with Gasteiger partial charge in [0.1, 0.15) is 5.69 Å². The Hall–Kier alpha value is -2.98. The number of hydrogen-bond donors (Lipinski definition) is 0. The lowest BCUT2D eigenvalue weighted by Crippen LogP contribution is -2.24. The first kappa shape index (κ1) is 18.4. The number of rotatable bonds is 4. The van der Waals surface area contributed by atoms with E-state index in [1.165, 1.54) is 6.07 Å². The van der Waals surface area contributed by atoms with Crippen molar-refractivity contribution in [1.82, 2.24) is 9.97 Å². The summed E-state index contributed by atoms with van der Waals surface area (Å²) >= 11 is 0. The molecular weight excluding hydrogens is 372 g/mol. The third-order valence-corrected chi connectivity index (χ3v) is 6.84. The molecule has 1 fully saturated rings. The largest absolute Gasteiger partial charge is 0.355 e. The predicted octanol–water partition coefficient (Wildman–Crippen LogP) is 3.58. The van der Waals surface area contributed by atoms with E-state index in [2.05, 4.69) is 4.98 Å². The minimum atomic E-state index is -3.94. The van der Waals surface area contributed by atoms with Crippen LogP contribution in [0.3, 0.4) is 0 Å². The van der Waals surface area contributed by atoms with Gasteiger partial charge in [0, 0.05) is 13.1 Å². The second-order valence-corrected chi connectivity index (χ2v) is 9.02. The summed E-state index contributed by atoms with van der Waals surface area (Å²) in [5.74, 6) is 0.499. The second-order valence-electron chi connectivity index (χ2n) is 6.99. The summed E-state index contributed by atoms with van der Waals surface area (Å²) < 4.78 is 26.6. The molecule has 0 bridgehead atoms. The van der Waals surface area contributed by atoms with Gasteiger partial charge in [-0.05, 0) is 49.6 Å². The van der Waals surface area contributed by atoms with Crippen molar-refractivity contribution in [3.05, 3.63) is 59.8 Å². The van der Waals surface area contributed by atoms with Crippen LogP contribution in [0.2, 0.25) is 0 Å². The van der Waals surface area contributed by atoms with Gasteiger partial charge in [0.2, 0.25) is 9.84 Å². The van der Waals surface area contributed by atoms with Gasteiger partial charge >= 0.3 is 0 Å². The van der Waals surface area contributed by atoms with Crippen molar-refractivity contribution in [1.29, 1.82) is 5.26 Å². The second kappa shape index (κ2) is 7.21.